The number of nitrogens with two attached hydrogens (primary N) is 1. The van der Waals surface area contributed by atoms with Crippen LogP contribution in [0.15, 0.2) is 23.1 Å². The van der Waals surface area contributed by atoms with Gasteiger partial charge in [0.15, 0.2) is 0 Å². The Balaban J connectivity index is 3.47. The number of hydrogen-bond acceptors (Lipinski definition) is 3. The van der Waals surface area contributed by atoms with Crippen molar-refractivity contribution >= 4 is 32.6 Å². The molecule has 66 valence electrons. The number of phenolic OH excluding ortho intramolecular Hbond substituents is 1. The summed E-state index contributed by atoms with van der Waals surface area (Å²) in [6.07, 6.45) is 0. The summed E-state index contributed by atoms with van der Waals surface area (Å²) in [6.45, 7) is 0. The number of benzene rings is 1. The van der Waals surface area contributed by atoms with Gasteiger partial charge in [-0.25, -0.2) is 13.6 Å². The molecule has 0 spiro atoms. The van der Waals surface area contributed by atoms with Crippen molar-refractivity contribution in [3.05, 3.63) is 21.8 Å². The van der Waals surface area contributed by atoms with Gasteiger partial charge in [0.25, 0.3) is 0 Å². The van der Waals surface area contributed by atoms with E-state index in [-0.39, 0.29) is 14.2 Å². The van der Waals surface area contributed by atoms with Crippen LogP contribution in [0.25, 0.3) is 0 Å². The maximum Gasteiger partial charge on any atom is 0.239 e. The van der Waals surface area contributed by atoms with Crippen molar-refractivity contribution in [1.29, 1.82) is 0 Å². The van der Waals surface area contributed by atoms with E-state index in [1.165, 1.54) is 18.2 Å². The Bertz CT molecular complexity index is 401. The molecule has 0 unspecified atom stereocenters. The highest BCUT2D eigenvalue weighted by Gasteiger charge is 2.13. The van der Waals surface area contributed by atoms with Gasteiger partial charge in [-0.15, -0.1) is 0 Å². The van der Waals surface area contributed by atoms with Gasteiger partial charge in [-0.2, -0.15) is 0 Å². The lowest BCUT2D eigenvalue weighted by molar-refractivity contribution is 0.468. The summed E-state index contributed by atoms with van der Waals surface area (Å²) in [5.74, 6) is -0.0814. The van der Waals surface area contributed by atoms with Gasteiger partial charge < -0.3 is 5.11 Å². The van der Waals surface area contributed by atoms with Gasteiger partial charge in [0.1, 0.15) is 5.75 Å². The molecule has 1 rings (SSSR count). The largest absolute Gasteiger partial charge is 0.507 e. The first-order valence-corrected chi connectivity index (χ1v) is 5.55. The number of phenols is 1. The molecule has 0 aliphatic rings. The Morgan fingerprint density at radius 1 is 1.42 bits per heavy atom. The van der Waals surface area contributed by atoms with Crippen LogP contribution in [0.1, 0.15) is 0 Å². The molecule has 12 heavy (non-hydrogen) atoms. The molecule has 0 aliphatic heterocycles. The average Bonchev–Trinajstić information content (AvgIpc) is 1.92. The van der Waals surface area contributed by atoms with E-state index in [1.807, 2.05) is 0 Å². The summed E-state index contributed by atoms with van der Waals surface area (Å²) >= 11 is 1.72. The van der Waals surface area contributed by atoms with E-state index in [2.05, 4.69) is 0 Å². The number of sulfonamides is 1. The van der Waals surface area contributed by atoms with Crippen LogP contribution < -0.4 is 5.14 Å². The highest BCUT2D eigenvalue weighted by Crippen LogP contribution is 2.25. The molecule has 4 nitrogen and oxygen atoms in total. The minimum Gasteiger partial charge on any atom is -0.507 e. The third kappa shape index (κ3) is 1.87. The van der Waals surface area contributed by atoms with Crippen LogP contribution in [0.2, 0.25) is 0 Å². The Morgan fingerprint density at radius 2 is 2.00 bits per heavy atom. The first-order chi connectivity index (χ1) is 5.43. The van der Waals surface area contributed by atoms with Crippen LogP contribution in [0.3, 0.4) is 0 Å². The maximum atomic E-state index is 10.9. The van der Waals surface area contributed by atoms with Gasteiger partial charge in [-0.3, -0.25) is 0 Å². The van der Waals surface area contributed by atoms with E-state index >= 15 is 0 Å². The molecule has 0 amide bonds. The zero-order chi connectivity index (χ0) is 9.35. The van der Waals surface area contributed by atoms with Crippen molar-refractivity contribution < 1.29 is 13.5 Å². The summed E-state index contributed by atoms with van der Waals surface area (Å²) in [5.41, 5.74) is 0. The molecule has 0 atom stereocenters. The van der Waals surface area contributed by atoms with Crippen molar-refractivity contribution in [3.63, 3.8) is 0 Å². The molecular weight excluding hydrogens is 293 g/mol. The predicted octanol–water partition coefficient (Wildman–Crippen LogP) is 0.644. The first-order valence-electron chi connectivity index (χ1n) is 2.93. The summed E-state index contributed by atoms with van der Waals surface area (Å²) in [7, 11) is -3.72. The quantitative estimate of drug-likeness (QED) is 0.747. The average molecular weight is 299 g/mol. The van der Waals surface area contributed by atoms with Crippen LogP contribution in [0.4, 0.5) is 0 Å². The SMILES string of the molecule is NS(=O)(=O)c1cccc(O)c1I. The van der Waals surface area contributed by atoms with Crippen molar-refractivity contribution in [2.24, 2.45) is 5.14 Å². The van der Waals surface area contributed by atoms with E-state index in [1.54, 1.807) is 22.6 Å². The fourth-order valence-corrected chi connectivity index (χ4v) is 2.62. The maximum absolute atomic E-state index is 10.9. The van der Waals surface area contributed by atoms with E-state index in [0.717, 1.165) is 0 Å². The number of rotatable bonds is 1. The number of aromatic hydroxyl groups is 1. The molecule has 0 saturated carbocycles. The Morgan fingerprint density at radius 3 is 2.42 bits per heavy atom. The standard InChI is InChI=1S/C6H6INO3S/c7-6-4(9)2-1-3-5(6)12(8,10)11/h1-3,9H,(H2,8,10,11). The lowest BCUT2D eigenvalue weighted by Crippen LogP contribution is -2.13. The Labute approximate surface area is 83.6 Å². The summed E-state index contributed by atoms with van der Waals surface area (Å²) in [6, 6.07) is 4.17. The Kier molecular flexibility index (Phi) is 2.59. The molecule has 0 saturated heterocycles. The van der Waals surface area contributed by atoms with Crippen LogP contribution >= 0.6 is 22.6 Å². The topological polar surface area (TPSA) is 80.4 Å². The van der Waals surface area contributed by atoms with Crippen LogP contribution in [-0.4, -0.2) is 13.5 Å². The van der Waals surface area contributed by atoms with Crippen LogP contribution in [0, 0.1) is 3.57 Å². The van der Waals surface area contributed by atoms with Crippen molar-refractivity contribution in [2.75, 3.05) is 0 Å². The van der Waals surface area contributed by atoms with Gasteiger partial charge in [-0.05, 0) is 34.7 Å². The fourth-order valence-electron chi connectivity index (χ4n) is 0.719. The molecule has 6 heteroatoms. The molecule has 0 bridgehead atoms. The predicted molar refractivity (Wildman–Crippen MR) is 52.2 cm³/mol. The molecule has 0 heterocycles. The molecule has 1 aromatic rings. The van der Waals surface area contributed by atoms with E-state index in [9.17, 15) is 8.42 Å². The number of primary sulfonamides is 1. The normalized spacial score (nSPS) is 11.5. The number of halogens is 1. The van der Waals surface area contributed by atoms with E-state index in [0.29, 0.717) is 0 Å². The highest BCUT2D eigenvalue weighted by molar-refractivity contribution is 14.1. The van der Waals surface area contributed by atoms with Gasteiger partial charge in [0.05, 0.1) is 8.47 Å². The lowest BCUT2D eigenvalue weighted by Gasteiger charge is -2.02. The third-order valence-electron chi connectivity index (χ3n) is 1.25. The molecule has 3 N–H and O–H groups in total. The van der Waals surface area contributed by atoms with Gasteiger partial charge in [-0.1, -0.05) is 6.07 Å². The molecule has 0 radical (unpaired) electrons. The zero-order valence-corrected chi connectivity index (χ0v) is 8.83. The molecule has 0 fully saturated rings. The van der Waals surface area contributed by atoms with E-state index < -0.39 is 10.0 Å². The summed E-state index contributed by atoms with van der Waals surface area (Å²) in [5, 5.41) is 14.0. The van der Waals surface area contributed by atoms with Crippen LogP contribution in [0.5, 0.6) is 5.75 Å². The third-order valence-corrected chi connectivity index (χ3v) is 3.70. The second kappa shape index (κ2) is 3.19. The molecule has 1 aromatic carbocycles. The molecular formula is C6H6INO3S. The Hall–Kier alpha value is -0.340. The van der Waals surface area contributed by atoms with Gasteiger partial charge >= 0.3 is 0 Å². The van der Waals surface area contributed by atoms with Crippen LogP contribution in [-0.2, 0) is 10.0 Å². The second-order valence-electron chi connectivity index (χ2n) is 2.13. The second-order valence-corrected chi connectivity index (χ2v) is 4.74. The fraction of sp³-hybridized carbons (Fsp3) is 0. The smallest absolute Gasteiger partial charge is 0.239 e. The van der Waals surface area contributed by atoms with Gasteiger partial charge in [0, 0.05) is 0 Å². The molecule has 0 aliphatic carbocycles. The monoisotopic (exact) mass is 299 g/mol. The van der Waals surface area contributed by atoms with E-state index in [4.69, 9.17) is 10.2 Å². The zero-order valence-electron chi connectivity index (χ0n) is 5.86. The first kappa shape index (κ1) is 9.75. The van der Waals surface area contributed by atoms with Crippen molar-refractivity contribution in [1.82, 2.24) is 0 Å². The summed E-state index contributed by atoms with van der Waals surface area (Å²) < 4.78 is 22.0. The highest BCUT2D eigenvalue weighted by atomic mass is 127. The van der Waals surface area contributed by atoms with Gasteiger partial charge in [0.2, 0.25) is 10.0 Å². The van der Waals surface area contributed by atoms with Crippen molar-refractivity contribution in [2.45, 2.75) is 4.90 Å². The molecule has 0 aromatic heterocycles. The van der Waals surface area contributed by atoms with Crippen molar-refractivity contribution in [3.8, 4) is 5.75 Å². The minimum atomic E-state index is -3.72. The number of hydrogen-bond donors (Lipinski definition) is 2. The lowest BCUT2D eigenvalue weighted by atomic mass is 10.3. The minimum absolute atomic E-state index is 0.0527. The summed E-state index contributed by atoms with van der Waals surface area (Å²) in [4.78, 5) is -0.0527.